The first-order valence-corrected chi connectivity index (χ1v) is 7.89. The highest BCUT2D eigenvalue weighted by molar-refractivity contribution is 5.85. The Hall–Kier alpha value is -1.60. The van der Waals surface area contributed by atoms with Gasteiger partial charge in [-0.2, -0.15) is 8.78 Å². The lowest BCUT2D eigenvalue weighted by Crippen LogP contribution is -2.48. The Labute approximate surface area is 153 Å². The summed E-state index contributed by atoms with van der Waals surface area (Å²) in [6, 6.07) is 3.93. The molecule has 144 valence electrons. The average molecular weight is 381 g/mol. The van der Waals surface area contributed by atoms with E-state index >= 15 is 0 Å². The molecule has 8 heteroatoms. The van der Waals surface area contributed by atoms with Gasteiger partial charge in [-0.25, -0.2) is 0 Å². The van der Waals surface area contributed by atoms with Gasteiger partial charge in [0, 0.05) is 18.2 Å². The highest BCUT2D eigenvalue weighted by atomic mass is 35.5. The first kappa shape index (κ1) is 23.4. The van der Waals surface area contributed by atoms with Crippen molar-refractivity contribution >= 4 is 18.3 Å². The maximum absolute atomic E-state index is 12.6. The first-order chi connectivity index (χ1) is 11.1. The van der Waals surface area contributed by atoms with Crippen LogP contribution in [-0.4, -0.2) is 25.2 Å². The lowest BCUT2D eigenvalue weighted by molar-refractivity contribution is -0.124. The summed E-state index contributed by atoms with van der Waals surface area (Å²) in [7, 11) is 0. The van der Waals surface area contributed by atoms with E-state index < -0.39 is 18.1 Å². The van der Waals surface area contributed by atoms with E-state index in [-0.39, 0.29) is 30.6 Å². The summed E-state index contributed by atoms with van der Waals surface area (Å²) in [4.78, 5) is 12.1. The topological polar surface area (TPSA) is 73.6 Å². The summed E-state index contributed by atoms with van der Waals surface area (Å²) in [5, 5.41) is 2.65. The zero-order chi connectivity index (χ0) is 18.3. The van der Waals surface area contributed by atoms with Crippen molar-refractivity contribution in [3.05, 3.63) is 23.8 Å². The van der Waals surface area contributed by atoms with Gasteiger partial charge in [-0.15, -0.1) is 12.4 Å². The van der Waals surface area contributed by atoms with E-state index in [2.05, 4.69) is 10.1 Å². The Bertz CT molecular complexity index is 551. The Morgan fingerprint density at radius 3 is 2.48 bits per heavy atom. The molecular formula is C17H27ClF2N2O3. The number of amides is 1. The van der Waals surface area contributed by atoms with E-state index in [1.54, 1.807) is 12.1 Å². The van der Waals surface area contributed by atoms with Gasteiger partial charge in [-0.05, 0) is 24.0 Å². The van der Waals surface area contributed by atoms with Crippen LogP contribution in [0.4, 0.5) is 8.78 Å². The Morgan fingerprint density at radius 1 is 1.32 bits per heavy atom. The lowest BCUT2D eigenvalue weighted by Gasteiger charge is -2.26. The molecule has 0 aliphatic heterocycles. The Morgan fingerprint density at radius 2 is 1.96 bits per heavy atom. The van der Waals surface area contributed by atoms with Crippen molar-refractivity contribution in [1.29, 1.82) is 0 Å². The number of ether oxygens (including phenoxy) is 2. The van der Waals surface area contributed by atoms with Crippen molar-refractivity contribution in [3.63, 3.8) is 0 Å². The fourth-order valence-electron chi connectivity index (χ4n) is 1.88. The minimum Gasteiger partial charge on any atom is -0.493 e. The molecule has 0 spiro atoms. The molecule has 0 radical (unpaired) electrons. The zero-order valence-corrected chi connectivity index (χ0v) is 15.8. The molecule has 1 amide bonds. The second-order valence-corrected chi connectivity index (χ2v) is 6.56. The van der Waals surface area contributed by atoms with Gasteiger partial charge in [0.2, 0.25) is 5.91 Å². The number of nitrogens with two attached hydrogens (primary N) is 1. The van der Waals surface area contributed by atoms with Crippen molar-refractivity contribution in [2.24, 2.45) is 11.1 Å². The highest BCUT2D eigenvalue weighted by Gasteiger charge is 2.27. The predicted molar refractivity (Wildman–Crippen MR) is 95.4 cm³/mol. The highest BCUT2D eigenvalue weighted by Crippen LogP contribution is 2.27. The van der Waals surface area contributed by atoms with Gasteiger partial charge >= 0.3 is 6.61 Å². The molecule has 1 aromatic carbocycles. The number of alkyl halides is 2. The maximum Gasteiger partial charge on any atom is 0.387 e. The largest absolute Gasteiger partial charge is 0.493 e. The Balaban J connectivity index is 0.00000576. The summed E-state index contributed by atoms with van der Waals surface area (Å²) in [5.74, 6) is 0.0639. The van der Waals surface area contributed by atoms with Crippen LogP contribution in [0.5, 0.6) is 11.5 Å². The van der Waals surface area contributed by atoms with Crippen LogP contribution in [-0.2, 0) is 11.3 Å². The quantitative estimate of drug-likeness (QED) is 0.724. The van der Waals surface area contributed by atoms with Gasteiger partial charge in [0.1, 0.15) is 11.5 Å². The second-order valence-electron chi connectivity index (χ2n) is 6.56. The van der Waals surface area contributed by atoms with Crippen LogP contribution in [0.15, 0.2) is 18.2 Å². The van der Waals surface area contributed by atoms with E-state index in [1.807, 2.05) is 27.7 Å². The number of hydrogen-bond donors (Lipinski definition) is 2. The summed E-state index contributed by atoms with van der Waals surface area (Å²) in [6.07, 6.45) is 0.799. The summed E-state index contributed by atoms with van der Waals surface area (Å²) in [5.41, 5.74) is 5.90. The average Bonchev–Trinajstić information content (AvgIpc) is 2.49. The van der Waals surface area contributed by atoms with Gasteiger partial charge in [-0.3, -0.25) is 4.79 Å². The van der Waals surface area contributed by atoms with E-state index in [9.17, 15) is 13.6 Å². The predicted octanol–water partition coefficient (Wildman–Crippen LogP) is 3.49. The van der Waals surface area contributed by atoms with Crippen LogP contribution in [0.25, 0.3) is 0 Å². The molecule has 25 heavy (non-hydrogen) atoms. The van der Waals surface area contributed by atoms with Gasteiger partial charge < -0.3 is 20.5 Å². The minimum atomic E-state index is -2.96. The number of nitrogens with one attached hydrogen (secondary N) is 1. The third-order valence-electron chi connectivity index (χ3n) is 3.40. The molecule has 0 unspecified atom stereocenters. The lowest BCUT2D eigenvalue weighted by atomic mass is 9.87. The molecule has 5 nitrogen and oxygen atoms in total. The molecule has 1 rings (SSSR count). The van der Waals surface area contributed by atoms with Gasteiger partial charge in [-0.1, -0.05) is 27.7 Å². The molecule has 0 saturated heterocycles. The van der Waals surface area contributed by atoms with Crippen molar-refractivity contribution in [2.75, 3.05) is 6.61 Å². The fourth-order valence-corrected chi connectivity index (χ4v) is 1.88. The smallest absolute Gasteiger partial charge is 0.387 e. The third-order valence-corrected chi connectivity index (χ3v) is 3.40. The minimum absolute atomic E-state index is 0. The SMILES string of the molecule is CCCOc1ccc(CNC(=O)[C@@H](N)C(C)(C)C)c(OC(F)F)c1.Cl. The van der Waals surface area contributed by atoms with Crippen LogP contribution >= 0.6 is 12.4 Å². The number of carbonyl (C=O) groups is 1. The maximum atomic E-state index is 12.6. The molecule has 0 aromatic heterocycles. The van der Waals surface area contributed by atoms with Gasteiger partial charge in [0.15, 0.2) is 0 Å². The van der Waals surface area contributed by atoms with Crippen LogP contribution in [0.1, 0.15) is 39.7 Å². The molecule has 0 heterocycles. The Kier molecular flexibility index (Phi) is 9.74. The summed E-state index contributed by atoms with van der Waals surface area (Å²) < 4.78 is 35.1. The standard InChI is InChI=1S/C17H26F2N2O3.ClH/c1-5-8-23-12-7-6-11(13(9-12)24-16(18)19)10-21-15(22)14(20)17(2,3)4;/h6-7,9,14,16H,5,8,10,20H2,1-4H3,(H,21,22);1H/t14-;/m1./s1. The third kappa shape index (κ3) is 7.88. The van der Waals surface area contributed by atoms with Crippen molar-refractivity contribution in [2.45, 2.75) is 53.3 Å². The normalized spacial score (nSPS) is 12.3. The summed E-state index contributed by atoms with van der Waals surface area (Å²) >= 11 is 0. The molecular weight excluding hydrogens is 354 g/mol. The number of halogens is 3. The molecule has 0 fully saturated rings. The van der Waals surface area contributed by atoms with E-state index in [0.29, 0.717) is 17.9 Å². The van der Waals surface area contributed by atoms with Crippen molar-refractivity contribution < 1.29 is 23.0 Å². The zero-order valence-electron chi connectivity index (χ0n) is 15.0. The van der Waals surface area contributed by atoms with E-state index in [4.69, 9.17) is 10.5 Å². The van der Waals surface area contributed by atoms with Crippen molar-refractivity contribution in [3.8, 4) is 11.5 Å². The molecule has 3 N–H and O–H groups in total. The number of rotatable bonds is 8. The summed E-state index contributed by atoms with van der Waals surface area (Å²) in [6.45, 7) is 5.05. The number of carbonyl (C=O) groups excluding carboxylic acids is 1. The molecule has 0 aliphatic carbocycles. The van der Waals surface area contributed by atoms with Crippen molar-refractivity contribution in [1.82, 2.24) is 5.32 Å². The fraction of sp³-hybridized carbons (Fsp3) is 0.588. The molecule has 1 atom stereocenters. The number of benzene rings is 1. The monoisotopic (exact) mass is 380 g/mol. The van der Waals surface area contributed by atoms with Crippen LogP contribution in [0.3, 0.4) is 0 Å². The first-order valence-electron chi connectivity index (χ1n) is 7.89. The van der Waals surface area contributed by atoms with E-state index in [0.717, 1.165) is 6.42 Å². The van der Waals surface area contributed by atoms with Crippen LogP contribution in [0, 0.1) is 5.41 Å². The van der Waals surface area contributed by atoms with E-state index in [1.165, 1.54) is 6.07 Å². The van der Waals surface area contributed by atoms with Gasteiger partial charge in [0.05, 0.1) is 12.6 Å². The molecule has 1 aromatic rings. The molecule has 0 aliphatic rings. The molecule has 0 bridgehead atoms. The van der Waals surface area contributed by atoms with Gasteiger partial charge in [0.25, 0.3) is 0 Å². The number of hydrogen-bond acceptors (Lipinski definition) is 4. The van der Waals surface area contributed by atoms with Crippen LogP contribution < -0.4 is 20.5 Å². The van der Waals surface area contributed by atoms with Crippen LogP contribution in [0.2, 0.25) is 0 Å². The molecule has 0 saturated carbocycles. The second kappa shape index (κ2) is 10.4.